The second kappa shape index (κ2) is 6.53. The molecule has 0 aromatic heterocycles. The van der Waals surface area contributed by atoms with Crippen LogP contribution in [0, 0.1) is 0 Å². The molecule has 0 bridgehead atoms. The van der Waals surface area contributed by atoms with E-state index in [2.05, 4.69) is 6.92 Å². The van der Waals surface area contributed by atoms with Gasteiger partial charge in [-0.15, -0.1) is 0 Å². The van der Waals surface area contributed by atoms with Crippen molar-refractivity contribution >= 4 is 18.6 Å². The van der Waals surface area contributed by atoms with Crippen LogP contribution < -0.4 is 0 Å². The Hall–Kier alpha value is -0.180. The predicted octanol–water partition coefficient (Wildman–Crippen LogP) is 2.31. The summed E-state index contributed by atoms with van der Waals surface area (Å²) in [6.45, 7) is 4.29. The van der Waals surface area contributed by atoms with Gasteiger partial charge in [-0.25, -0.2) is 0 Å². The number of unbranched alkanes of at least 4 members (excludes halogenated alkanes) is 2. The molecule has 0 fully saturated rings. The minimum Gasteiger partial charge on any atom is -0.465 e. The van der Waals surface area contributed by atoms with E-state index in [0.717, 1.165) is 19.3 Å². The molecule has 65 valence electrons. The summed E-state index contributed by atoms with van der Waals surface area (Å²) < 4.78 is 4.86. The Bertz CT molecular complexity index is 113. The van der Waals surface area contributed by atoms with Crippen LogP contribution in [-0.2, 0) is 9.53 Å². The molecular formula is C8H15O2S. The molecule has 0 N–H and O–H groups in total. The van der Waals surface area contributed by atoms with Crippen molar-refractivity contribution < 1.29 is 9.53 Å². The summed E-state index contributed by atoms with van der Waals surface area (Å²) in [5.41, 5.74) is 0. The van der Waals surface area contributed by atoms with Gasteiger partial charge in [0.25, 0.3) is 0 Å². The highest BCUT2D eigenvalue weighted by atomic mass is 32.1. The van der Waals surface area contributed by atoms with Gasteiger partial charge in [-0.2, -0.15) is 0 Å². The SMILES string of the molecule is CCCCCOC(=O)C(C)[S]. The Morgan fingerprint density at radius 3 is 2.64 bits per heavy atom. The fraction of sp³-hybridized carbons (Fsp3) is 0.875. The number of carbonyl (C=O) groups is 1. The first kappa shape index (κ1) is 10.8. The molecule has 0 rings (SSSR count). The maximum Gasteiger partial charge on any atom is 0.319 e. The third-order valence-corrected chi connectivity index (χ3v) is 1.52. The molecule has 0 amide bonds. The lowest BCUT2D eigenvalue weighted by Gasteiger charge is -2.04. The quantitative estimate of drug-likeness (QED) is 0.473. The van der Waals surface area contributed by atoms with E-state index >= 15 is 0 Å². The molecule has 1 atom stereocenters. The van der Waals surface area contributed by atoms with E-state index in [1.165, 1.54) is 0 Å². The maximum absolute atomic E-state index is 10.8. The van der Waals surface area contributed by atoms with Crippen molar-refractivity contribution in [2.75, 3.05) is 6.61 Å². The number of hydrogen-bond acceptors (Lipinski definition) is 2. The van der Waals surface area contributed by atoms with Crippen molar-refractivity contribution in [1.82, 2.24) is 0 Å². The zero-order valence-corrected chi connectivity index (χ0v) is 7.95. The first-order chi connectivity index (χ1) is 5.18. The molecule has 0 saturated heterocycles. The minimum atomic E-state index is -0.406. The Labute approximate surface area is 73.7 Å². The average Bonchev–Trinajstić information content (AvgIpc) is 1.97. The zero-order chi connectivity index (χ0) is 8.69. The van der Waals surface area contributed by atoms with Crippen LogP contribution in [0.3, 0.4) is 0 Å². The minimum absolute atomic E-state index is 0.267. The standard InChI is InChI=1S/C8H15O2S/c1-3-4-5-6-10-8(9)7(2)11/h7H,3-6H2,1-2H3. The lowest BCUT2D eigenvalue weighted by molar-refractivity contribution is -0.142. The van der Waals surface area contributed by atoms with Crippen molar-refractivity contribution in [3.05, 3.63) is 0 Å². The molecule has 0 aromatic rings. The highest BCUT2D eigenvalue weighted by molar-refractivity contribution is 7.81. The zero-order valence-electron chi connectivity index (χ0n) is 7.13. The second-order valence-corrected chi connectivity index (χ2v) is 3.22. The molecule has 3 heteroatoms. The number of hydrogen-bond donors (Lipinski definition) is 0. The van der Waals surface area contributed by atoms with E-state index in [0.29, 0.717) is 6.61 Å². The van der Waals surface area contributed by atoms with Gasteiger partial charge in [0, 0.05) is 0 Å². The van der Waals surface area contributed by atoms with Crippen LogP contribution in [0.1, 0.15) is 33.1 Å². The summed E-state index contributed by atoms with van der Waals surface area (Å²) in [5, 5.41) is -0.406. The van der Waals surface area contributed by atoms with Crippen LogP contribution in [0.4, 0.5) is 0 Å². The fourth-order valence-corrected chi connectivity index (χ4v) is 0.710. The van der Waals surface area contributed by atoms with Crippen molar-refractivity contribution in [2.24, 2.45) is 0 Å². The van der Waals surface area contributed by atoms with Gasteiger partial charge in [-0.05, 0) is 13.3 Å². The van der Waals surface area contributed by atoms with Gasteiger partial charge in [0.1, 0.15) is 5.25 Å². The first-order valence-corrected chi connectivity index (χ1v) is 4.48. The van der Waals surface area contributed by atoms with E-state index in [1.54, 1.807) is 6.92 Å². The number of ether oxygens (including phenoxy) is 1. The first-order valence-electron chi connectivity index (χ1n) is 4.01. The summed E-state index contributed by atoms with van der Waals surface area (Å²) in [6.07, 6.45) is 3.20. The lowest BCUT2D eigenvalue weighted by Crippen LogP contribution is -2.15. The molecule has 1 radical (unpaired) electrons. The fourth-order valence-electron chi connectivity index (χ4n) is 0.642. The number of carbonyl (C=O) groups excluding carboxylic acids is 1. The molecule has 0 aliphatic rings. The van der Waals surface area contributed by atoms with Crippen molar-refractivity contribution in [1.29, 1.82) is 0 Å². The van der Waals surface area contributed by atoms with Gasteiger partial charge in [0.05, 0.1) is 6.61 Å². The van der Waals surface area contributed by atoms with Crippen LogP contribution in [0.25, 0.3) is 0 Å². The third kappa shape index (κ3) is 6.23. The molecule has 0 aromatic carbocycles. The van der Waals surface area contributed by atoms with Gasteiger partial charge < -0.3 is 4.74 Å². The van der Waals surface area contributed by atoms with Crippen LogP contribution in [0.2, 0.25) is 0 Å². The molecule has 0 heterocycles. The molecule has 0 aliphatic carbocycles. The Kier molecular flexibility index (Phi) is 6.42. The monoisotopic (exact) mass is 175 g/mol. The highest BCUT2D eigenvalue weighted by Gasteiger charge is 2.08. The average molecular weight is 175 g/mol. The predicted molar refractivity (Wildman–Crippen MR) is 47.5 cm³/mol. The van der Waals surface area contributed by atoms with E-state index in [9.17, 15) is 4.79 Å². The summed E-state index contributed by atoms with van der Waals surface area (Å²) in [6, 6.07) is 0. The normalized spacial score (nSPS) is 12.6. The van der Waals surface area contributed by atoms with Crippen LogP contribution in [-0.4, -0.2) is 17.8 Å². The van der Waals surface area contributed by atoms with E-state index in [4.69, 9.17) is 17.4 Å². The lowest BCUT2D eigenvalue weighted by atomic mass is 10.3. The van der Waals surface area contributed by atoms with E-state index in [-0.39, 0.29) is 5.97 Å². The topological polar surface area (TPSA) is 26.3 Å². The van der Waals surface area contributed by atoms with Crippen molar-refractivity contribution in [3.8, 4) is 0 Å². The molecular weight excluding hydrogens is 160 g/mol. The molecule has 0 spiro atoms. The van der Waals surface area contributed by atoms with Crippen LogP contribution in [0.5, 0.6) is 0 Å². The third-order valence-electron chi connectivity index (χ3n) is 1.32. The van der Waals surface area contributed by atoms with Crippen LogP contribution >= 0.6 is 12.6 Å². The Morgan fingerprint density at radius 1 is 1.55 bits per heavy atom. The molecule has 2 nitrogen and oxygen atoms in total. The largest absolute Gasteiger partial charge is 0.465 e. The number of esters is 1. The smallest absolute Gasteiger partial charge is 0.319 e. The summed E-state index contributed by atoms with van der Waals surface area (Å²) in [5.74, 6) is -0.267. The van der Waals surface area contributed by atoms with Gasteiger partial charge >= 0.3 is 5.97 Å². The maximum atomic E-state index is 10.8. The highest BCUT2D eigenvalue weighted by Crippen LogP contribution is 1.99. The Morgan fingerprint density at radius 2 is 2.18 bits per heavy atom. The van der Waals surface area contributed by atoms with Crippen LogP contribution in [0.15, 0.2) is 0 Å². The van der Waals surface area contributed by atoms with Crippen molar-refractivity contribution in [3.63, 3.8) is 0 Å². The van der Waals surface area contributed by atoms with Crippen molar-refractivity contribution in [2.45, 2.75) is 38.4 Å². The molecule has 0 saturated carbocycles. The molecule has 0 aliphatic heterocycles. The second-order valence-electron chi connectivity index (χ2n) is 2.52. The summed E-state index contributed by atoms with van der Waals surface area (Å²) in [4.78, 5) is 10.8. The Balaban J connectivity index is 3.18. The van der Waals surface area contributed by atoms with E-state index in [1.807, 2.05) is 0 Å². The van der Waals surface area contributed by atoms with Gasteiger partial charge in [0.15, 0.2) is 0 Å². The number of rotatable bonds is 5. The van der Waals surface area contributed by atoms with Gasteiger partial charge in [-0.1, -0.05) is 32.4 Å². The molecule has 1 unspecified atom stereocenters. The molecule has 11 heavy (non-hydrogen) atoms. The summed E-state index contributed by atoms with van der Waals surface area (Å²) in [7, 11) is 0. The van der Waals surface area contributed by atoms with Gasteiger partial charge in [-0.3, -0.25) is 4.79 Å². The summed E-state index contributed by atoms with van der Waals surface area (Å²) >= 11 is 4.70. The van der Waals surface area contributed by atoms with Gasteiger partial charge in [0.2, 0.25) is 0 Å². The van der Waals surface area contributed by atoms with E-state index < -0.39 is 5.25 Å².